The van der Waals surface area contributed by atoms with Crippen LogP contribution in [0.3, 0.4) is 0 Å². The largest absolute Gasteiger partial charge is 0.497 e. The summed E-state index contributed by atoms with van der Waals surface area (Å²) in [5, 5.41) is 6.49. The second-order valence-corrected chi connectivity index (χ2v) is 6.69. The number of methoxy groups -OCH3 is 1. The van der Waals surface area contributed by atoms with Crippen molar-refractivity contribution in [1.82, 2.24) is 10.3 Å². The zero-order chi connectivity index (χ0) is 20.3. The number of ether oxygens (including phenoxy) is 1. The molecule has 1 heterocycles. The predicted molar refractivity (Wildman–Crippen MR) is 110 cm³/mol. The first-order valence-corrected chi connectivity index (χ1v) is 9.01. The van der Waals surface area contributed by atoms with Gasteiger partial charge in [-0.05, 0) is 49.7 Å². The summed E-state index contributed by atoms with van der Waals surface area (Å²) in [6.45, 7) is 5.23. The zero-order valence-corrected chi connectivity index (χ0v) is 16.4. The lowest BCUT2D eigenvalue weighted by atomic mass is 10.0. The highest BCUT2D eigenvalue weighted by atomic mass is 16.5. The van der Waals surface area contributed by atoms with Crippen LogP contribution in [0, 0.1) is 6.92 Å². The Morgan fingerprint density at radius 1 is 1.07 bits per heavy atom. The first-order valence-electron chi connectivity index (χ1n) is 9.01. The van der Waals surface area contributed by atoms with Crippen LogP contribution in [0.15, 0.2) is 48.5 Å². The van der Waals surface area contributed by atoms with Crippen molar-refractivity contribution in [3.05, 3.63) is 65.4 Å². The van der Waals surface area contributed by atoms with Gasteiger partial charge in [-0.25, -0.2) is 0 Å². The van der Waals surface area contributed by atoms with Crippen molar-refractivity contribution < 1.29 is 14.3 Å². The first-order chi connectivity index (χ1) is 13.4. The number of nitrogens with zero attached hydrogens (tertiary/aromatic N) is 1. The monoisotopic (exact) mass is 377 g/mol. The maximum Gasteiger partial charge on any atom is 0.252 e. The summed E-state index contributed by atoms with van der Waals surface area (Å²) >= 11 is 0. The third-order valence-corrected chi connectivity index (χ3v) is 4.47. The minimum Gasteiger partial charge on any atom is -0.497 e. The van der Waals surface area contributed by atoms with Crippen molar-refractivity contribution in [3.63, 3.8) is 0 Å². The van der Waals surface area contributed by atoms with Crippen molar-refractivity contribution in [2.75, 3.05) is 12.4 Å². The van der Waals surface area contributed by atoms with Gasteiger partial charge in [0, 0.05) is 23.7 Å². The van der Waals surface area contributed by atoms with E-state index in [9.17, 15) is 9.59 Å². The van der Waals surface area contributed by atoms with E-state index in [1.54, 1.807) is 19.2 Å². The van der Waals surface area contributed by atoms with Crippen LogP contribution >= 0.6 is 0 Å². The van der Waals surface area contributed by atoms with E-state index < -0.39 is 0 Å². The molecule has 1 aromatic heterocycles. The number of pyridine rings is 1. The van der Waals surface area contributed by atoms with Gasteiger partial charge in [-0.3, -0.25) is 14.6 Å². The third-order valence-electron chi connectivity index (χ3n) is 4.47. The summed E-state index contributed by atoms with van der Waals surface area (Å²) in [5.41, 5.74) is 3.47. The molecule has 0 aliphatic carbocycles. The average molecular weight is 377 g/mol. The summed E-state index contributed by atoms with van der Waals surface area (Å²) in [6, 6.07) is 14.5. The normalized spacial score (nSPS) is 11.7. The average Bonchev–Trinajstić information content (AvgIpc) is 2.66. The van der Waals surface area contributed by atoms with E-state index >= 15 is 0 Å². The van der Waals surface area contributed by atoms with Gasteiger partial charge in [0.05, 0.1) is 24.2 Å². The molecular weight excluding hydrogens is 354 g/mol. The number of hydrogen-bond acceptors (Lipinski definition) is 4. The Hall–Kier alpha value is -3.41. The molecule has 2 N–H and O–H groups in total. The Balaban J connectivity index is 1.93. The fourth-order valence-corrected chi connectivity index (χ4v) is 3.05. The molecule has 2 amide bonds. The second kappa shape index (κ2) is 8.08. The Labute approximate surface area is 163 Å². The minimum absolute atomic E-state index is 0.198. The molecule has 0 bridgehead atoms. The molecule has 6 heteroatoms. The summed E-state index contributed by atoms with van der Waals surface area (Å²) in [5.74, 6) is 0.328. The topological polar surface area (TPSA) is 80.3 Å². The molecule has 28 heavy (non-hydrogen) atoms. The van der Waals surface area contributed by atoms with Gasteiger partial charge in [0.1, 0.15) is 5.75 Å². The zero-order valence-electron chi connectivity index (χ0n) is 16.4. The number of aromatic nitrogens is 1. The molecule has 0 saturated heterocycles. The number of benzene rings is 2. The lowest BCUT2D eigenvalue weighted by Crippen LogP contribution is -2.27. The van der Waals surface area contributed by atoms with Gasteiger partial charge in [0.15, 0.2) is 0 Å². The molecule has 0 unspecified atom stereocenters. The lowest BCUT2D eigenvalue weighted by molar-refractivity contribution is -0.114. The highest BCUT2D eigenvalue weighted by molar-refractivity contribution is 6.08. The number of amides is 2. The van der Waals surface area contributed by atoms with Gasteiger partial charge in [0.2, 0.25) is 5.91 Å². The number of aryl methyl sites for hydroxylation is 1. The van der Waals surface area contributed by atoms with E-state index in [4.69, 9.17) is 4.74 Å². The van der Waals surface area contributed by atoms with Gasteiger partial charge >= 0.3 is 0 Å². The highest BCUT2D eigenvalue weighted by Crippen LogP contribution is 2.25. The molecule has 2 aromatic carbocycles. The number of nitrogens with one attached hydrogen (secondary N) is 2. The highest BCUT2D eigenvalue weighted by Gasteiger charge is 2.16. The Kier molecular flexibility index (Phi) is 5.59. The van der Waals surface area contributed by atoms with Crippen LogP contribution in [0.1, 0.15) is 41.5 Å². The van der Waals surface area contributed by atoms with Crippen LogP contribution in [0.5, 0.6) is 5.75 Å². The fourth-order valence-electron chi connectivity index (χ4n) is 3.05. The van der Waals surface area contributed by atoms with Gasteiger partial charge in [-0.15, -0.1) is 0 Å². The van der Waals surface area contributed by atoms with Crippen LogP contribution in [0.4, 0.5) is 5.69 Å². The SMILES string of the molecule is COc1ccc([C@H](C)NC(=O)c2cc(NC(C)=O)cc3nc(C)ccc23)cc1. The van der Waals surface area contributed by atoms with E-state index in [1.165, 1.54) is 6.92 Å². The van der Waals surface area contributed by atoms with E-state index in [1.807, 2.05) is 50.2 Å². The number of fused-ring (bicyclic) bond motifs is 1. The van der Waals surface area contributed by atoms with Gasteiger partial charge in [-0.1, -0.05) is 18.2 Å². The molecule has 0 saturated carbocycles. The molecule has 3 rings (SSSR count). The van der Waals surface area contributed by atoms with Crippen LogP contribution in [0.2, 0.25) is 0 Å². The van der Waals surface area contributed by atoms with E-state index in [0.717, 1.165) is 22.4 Å². The summed E-state index contributed by atoms with van der Waals surface area (Å²) in [4.78, 5) is 29.0. The van der Waals surface area contributed by atoms with Crippen molar-refractivity contribution in [3.8, 4) is 5.75 Å². The van der Waals surface area contributed by atoms with Gasteiger partial charge in [0.25, 0.3) is 5.91 Å². The maximum absolute atomic E-state index is 13.0. The molecule has 0 aliphatic rings. The third kappa shape index (κ3) is 4.28. The van der Waals surface area contributed by atoms with Gasteiger partial charge in [-0.2, -0.15) is 0 Å². The minimum atomic E-state index is -0.230. The Morgan fingerprint density at radius 2 is 1.79 bits per heavy atom. The van der Waals surface area contributed by atoms with Crippen molar-refractivity contribution in [2.45, 2.75) is 26.8 Å². The molecule has 144 valence electrons. The molecule has 0 radical (unpaired) electrons. The van der Waals surface area contributed by atoms with E-state index in [-0.39, 0.29) is 17.9 Å². The summed E-state index contributed by atoms with van der Waals surface area (Å²) in [6.07, 6.45) is 0. The predicted octanol–water partition coefficient (Wildman–Crippen LogP) is 4.00. The molecule has 6 nitrogen and oxygen atoms in total. The van der Waals surface area contributed by atoms with Crippen LogP contribution in [-0.2, 0) is 4.79 Å². The van der Waals surface area contributed by atoms with Crippen LogP contribution in [0.25, 0.3) is 10.9 Å². The first kappa shape index (κ1) is 19.4. The quantitative estimate of drug-likeness (QED) is 0.704. The fraction of sp³-hybridized carbons (Fsp3) is 0.227. The van der Waals surface area contributed by atoms with Crippen molar-refractivity contribution in [2.24, 2.45) is 0 Å². The maximum atomic E-state index is 13.0. The molecule has 0 spiro atoms. The van der Waals surface area contributed by atoms with Crippen molar-refractivity contribution in [1.29, 1.82) is 0 Å². The van der Waals surface area contributed by atoms with Crippen LogP contribution in [-0.4, -0.2) is 23.9 Å². The van der Waals surface area contributed by atoms with E-state index in [2.05, 4.69) is 15.6 Å². The number of hydrogen-bond donors (Lipinski definition) is 2. The molecular formula is C22H23N3O3. The number of rotatable bonds is 5. The summed E-state index contributed by atoms with van der Waals surface area (Å²) < 4.78 is 5.17. The molecule has 1 atom stereocenters. The number of carbonyl (C=O) groups excluding carboxylic acids is 2. The molecule has 3 aromatic rings. The number of carbonyl (C=O) groups is 2. The Bertz CT molecular complexity index is 1030. The smallest absolute Gasteiger partial charge is 0.252 e. The second-order valence-electron chi connectivity index (χ2n) is 6.69. The number of anilines is 1. The van der Waals surface area contributed by atoms with Crippen LogP contribution < -0.4 is 15.4 Å². The summed E-state index contributed by atoms with van der Waals surface area (Å²) in [7, 11) is 1.61. The van der Waals surface area contributed by atoms with Crippen molar-refractivity contribution >= 4 is 28.4 Å². The standard InChI is InChI=1S/C22H23N3O3/c1-13-5-10-19-20(11-17(25-15(3)26)12-21(19)23-13)22(27)24-14(2)16-6-8-18(28-4)9-7-16/h5-12,14H,1-4H3,(H,24,27)(H,25,26)/t14-/m0/s1. The lowest BCUT2D eigenvalue weighted by Gasteiger charge is -2.16. The molecule has 0 fully saturated rings. The van der Waals surface area contributed by atoms with Gasteiger partial charge < -0.3 is 15.4 Å². The molecule has 0 aliphatic heterocycles. The Morgan fingerprint density at radius 3 is 2.43 bits per heavy atom. The van der Waals surface area contributed by atoms with E-state index in [0.29, 0.717) is 16.8 Å².